The number of rotatable bonds is 3. The molecule has 1 saturated carbocycles. The van der Waals surface area contributed by atoms with Crippen LogP contribution in [0.2, 0.25) is 0 Å². The molecule has 3 N–H and O–H groups in total. The highest BCUT2D eigenvalue weighted by atomic mass is 79.9. The van der Waals surface area contributed by atoms with Crippen molar-refractivity contribution in [3.63, 3.8) is 0 Å². The molecule has 4 nitrogen and oxygen atoms in total. The molecule has 1 aromatic carbocycles. The van der Waals surface area contributed by atoms with Crippen LogP contribution in [0.1, 0.15) is 39.5 Å². The zero-order valence-electron chi connectivity index (χ0n) is 11.8. The molecule has 0 bridgehead atoms. The SMILES string of the molecule is CC1(C)CCCCC1NS(=O)(=O)c1cc(Br)ccc1N. The Morgan fingerprint density at radius 2 is 2.05 bits per heavy atom. The topological polar surface area (TPSA) is 72.2 Å². The third kappa shape index (κ3) is 3.35. The maximum atomic E-state index is 12.5. The maximum Gasteiger partial charge on any atom is 0.242 e. The second kappa shape index (κ2) is 5.66. The lowest BCUT2D eigenvalue weighted by molar-refractivity contribution is 0.188. The van der Waals surface area contributed by atoms with Gasteiger partial charge in [-0.15, -0.1) is 0 Å². The molecule has 6 heteroatoms. The Bertz CT molecular complexity index is 599. The first-order valence-electron chi connectivity index (χ1n) is 6.80. The van der Waals surface area contributed by atoms with Crippen LogP contribution in [0.4, 0.5) is 5.69 Å². The fraction of sp³-hybridized carbons (Fsp3) is 0.571. The fourth-order valence-electron chi connectivity index (χ4n) is 2.70. The van der Waals surface area contributed by atoms with Crippen molar-refractivity contribution in [1.82, 2.24) is 4.72 Å². The standard InChI is InChI=1S/C14H21BrN2O2S/c1-14(2)8-4-3-5-13(14)17-20(18,19)12-9-10(15)6-7-11(12)16/h6-7,9,13,17H,3-5,8,16H2,1-2H3. The Balaban J connectivity index is 2.29. The molecule has 1 aliphatic rings. The second-order valence-electron chi connectivity index (χ2n) is 6.09. The number of benzene rings is 1. The Labute approximate surface area is 129 Å². The van der Waals surface area contributed by atoms with Gasteiger partial charge in [0.05, 0.1) is 5.69 Å². The van der Waals surface area contributed by atoms with Gasteiger partial charge in [0, 0.05) is 10.5 Å². The predicted octanol–water partition coefficient (Wildman–Crippen LogP) is 3.28. The van der Waals surface area contributed by atoms with Crippen molar-refractivity contribution in [2.45, 2.75) is 50.5 Å². The summed E-state index contributed by atoms with van der Waals surface area (Å²) < 4.78 is 28.6. The zero-order valence-corrected chi connectivity index (χ0v) is 14.2. The van der Waals surface area contributed by atoms with Crippen LogP contribution >= 0.6 is 15.9 Å². The second-order valence-corrected chi connectivity index (χ2v) is 8.69. The van der Waals surface area contributed by atoms with Gasteiger partial charge in [-0.1, -0.05) is 42.6 Å². The molecule has 1 aliphatic carbocycles. The minimum atomic E-state index is -3.59. The third-order valence-corrected chi connectivity index (χ3v) is 6.09. The highest BCUT2D eigenvalue weighted by Crippen LogP contribution is 2.36. The van der Waals surface area contributed by atoms with E-state index in [1.165, 1.54) is 0 Å². The van der Waals surface area contributed by atoms with Crippen LogP contribution in [-0.2, 0) is 10.0 Å². The van der Waals surface area contributed by atoms with Gasteiger partial charge in [0.1, 0.15) is 4.90 Å². The summed E-state index contributed by atoms with van der Waals surface area (Å²) in [5.41, 5.74) is 6.06. The summed E-state index contributed by atoms with van der Waals surface area (Å²) in [7, 11) is -3.59. The largest absolute Gasteiger partial charge is 0.398 e. The number of nitrogen functional groups attached to an aromatic ring is 1. The van der Waals surface area contributed by atoms with Crippen LogP contribution in [0, 0.1) is 5.41 Å². The summed E-state index contributed by atoms with van der Waals surface area (Å²) >= 11 is 3.29. The summed E-state index contributed by atoms with van der Waals surface area (Å²) in [5.74, 6) is 0. The fourth-order valence-corrected chi connectivity index (χ4v) is 4.82. The van der Waals surface area contributed by atoms with Crippen LogP contribution in [0.5, 0.6) is 0 Å². The van der Waals surface area contributed by atoms with Gasteiger partial charge in [0.2, 0.25) is 10.0 Å². The minimum absolute atomic E-state index is 0.0217. The molecule has 1 atom stereocenters. The smallest absolute Gasteiger partial charge is 0.242 e. The number of anilines is 1. The molecule has 0 aromatic heterocycles. The van der Waals surface area contributed by atoms with E-state index in [9.17, 15) is 8.42 Å². The summed E-state index contributed by atoms with van der Waals surface area (Å²) in [5, 5.41) is 0. The summed E-state index contributed by atoms with van der Waals surface area (Å²) in [6.07, 6.45) is 4.13. The van der Waals surface area contributed by atoms with E-state index in [1.807, 2.05) is 0 Å². The van der Waals surface area contributed by atoms with Gasteiger partial charge in [0.25, 0.3) is 0 Å². The first-order chi connectivity index (χ1) is 9.22. The van der Waals surface area contributed by atoms with Crippen LogP contribution in [0.3, 0.4) is 0 Å². The van der Waals surface area contributed by atoms with Crippen molar-refractivity contribution in [1.29, 1.82) is 0 Å². The molecule has 0 heterocycles. The number of sulfonamides is 1. The Kier molecular flexibility index (Phi) is 4.47. The van der Waals surface area contributed by atoms with Crippen LogP contribution in [0.25, 0.3) is 0 Å². The average Bonchev–Trinajstić information content (AvgIpc) is 2.34. The monoisotopic (exact) mass is 360 g/mol. The van der Waals surface area contributed by atoms with E-state index >= 15 is 0 Å². The van der Waals surface area contributed by atoms with Crippen LogP contribution in [0.15, 0.2) is 27.6 Å². The average molecular weight is 361 g/mol. The molecule has 1 unspecified atom stereocenters. The van der Waals surface area contributed by atoms with E-state index in [0.717, 1.165) is 25.7 Å². The Hall–Kier alpha value is -0.590. The molecular weight excluding hydrogens is 340 g/mol. The number of hydrogen-bond acceptors (Lipinski definition) is 3. The summed E-state index contributed by atoms with van der Waals surface area (Å²) in [4.78, 5) is 0.147. The normalized spacial score (nSPS) is 22.6. The molecule has 1 fully saturated rings. The molecule has 0 radical (unpaired) electrons. The lowest BCUT2D eigenvalue weighted by Gasteiger charge is -2.38. The van der Waals surface area contributed by atoms with Crippen molar-refractivity contribution in [3.8, 4) is 0 Å². The molecule has 0 aliphatic heterocycles. The first-order valence-corrected chi connectivity index (χ1v) is 9.07. The minimum Gasteiger partial charge on any atom is -0.398 e. The number of nitrogens with one attached hydrogen (secondary N) is 1. The van der Waals surface area contributed by atoms with Gasteiger partial charge in [-0.05, 0) is 36.5 Å². The van der Waals surface area contributed by atoms with Crippen LogP contribution < -0.4 is 10.5 Å². The lowest BCUT2D eigenvalue weighted by Crippen LogP contribution is -2.46. The van der Waals surface area contributed by atoms with Gasteiger partial charge >= 0.3 is 0 Å². The molecule has 112 valence electrons. The van der Waals surface area contributed by atoms with E-state index in [4.69, 9.17) is 5.73 Å². The highest BCUT2D eigenvalue weighted by Gasteiger charge is 2.35. The highest BCUT2D eigenvalue weighted by molar-refractivity contribution is 9.10. The van der Waals surface area contributed by atoms with E-state index in [-0.39, 0.29) is 22.0 Å². The van der Waals surface area contributed by atoms with Crippen LogP contribution in [-0.4, -0.2) is 14.5 Å². The number of hydrogen-bond donors (Lipinski definition) is 2. The molecule has 0 spiro atoms. The number of nitrogens with two attached hydrogens (primary N) is 1. The third-order valence-electron chi connectivity index (χ3n) is 4.07. The molecule has 0 amide bonds. The molecular formula is C14H21BrN2O2S. The first kappa shape index (κ1) is 15.8. The summed E-state index contributed by atoms with van der Waals surface area (Å²) in [6.45, 7) is 4.23. The van der Waals surface area contributed by atoms with E-state index in [2.05, 4.69) is 34.5 Å². The van der Waals surface area contributed by atoms with Crippen molar-refractivity contribution in [2.24, 2.45) is 5.41 Å². The summed E-state index contributed by atoms with van der Waals surface area (Å²) in [6, 6.07) is 4.84. The molecule has 2 rings (SSSR count). The maximum absolute atomic E-state index is 12.5. The number of halogens is 1. The zero-order chi connectivity index (χ0) is 15.0. The van der Waals surface area contributed by atoms with E-state index < -0.39 is 10.0 Å². The molecule has 0 saturated heterocycles. The Morgan fingerprint density at radius 3 is 2.70 bits per heavy atom. The Morgan fingerprint density at radius 1 is 1.35 bits per heavy atom. The molecule has 20 heavy (non-hydrogen) atoms. The van der Waals surface area contributed by atoms with Gasteiger partial charge in [-0.3, -0.25) is 0 Å². The predicted molar refractivity (Wildman–Crippen MR) is 84.9 cm³/mol. The van der Waals surface area contributed by atoms with E-state index in [0.29, 0.717) is 4.47 Å². The van der Waals surface area contributed by atoms with Crippen molar-refractivity contribution in [2.75, 3.05) is 5.73 Å². The molecule has 1 aromatic rings. The van der Waals surface area contributed by atoms with Crippen molar-refractivity contribution in [3.05, 3.63) is 22.7 Å². The van der Waals surface area contributed by atoms with Gasteiger partial charge in [0.15, 0.2) is 0 Å². The van der Waals surface area contributed by atoms with E-state index in [1.54, 1.807) is 18.2 Å². The van der Waals surface area contributed by atoms with Crippen molar-refractivity contribution < 1.29 is 8.42 Å². The van der Waals surface area contributed by atoms with Gasteiger partial charge < -0.3 is 5.73 Å². The van der Waals surface area contributed by atoms with Gasteiger partial charge in [-0.2, -0.15) is 0 Å². The van der Waals surface area contributed by atoms with Gasteiger partial charge in [-0.25, -0.2) is 13.1 Å². The van der Waals surface area contributed by atoms with Crippen molar-refractivity contribution >= 4 is 31.6 Å². The quantitative estimate of drug-likeness (QED) is 0.812. The lowest BCUT2D eigenvalue weighted by atomic mass is 9.74.